The Labute approximate surface area is 160 Å². The average Bonchev–Trinajstić information content (AvgIpc) is 2.69. The Kier molecular flexibility index (Phi) is 4.78. The number of halogens is 3. The number of hydrogen-bond donors (Lipinski definition) is 0. The Bertz CT molecular complexity index is 1100. The van der Waals surface area contributed by atoms with Crippen LogP contribution in [-0.4, -0.2) is 11.9 Å². The molecular weight excluding hydrogens is 366 g/mol. The van der Waals surface area contributed by atoms with Crippen LogP contribution in [0.1, 0.15) is 0 Å². The number of hydrogen-bond acceptors (Lipinski definition) is 2. The van der Waals surface area contributed by atoms with Gasteiger partial charge in [0.1, 0.15) is 22.9 Å². The van der Waals surface area contributed by atoms with Crippen molar-refractivity contribution < 1.29 is 13.4 Å². The minimum atomic E-state index is -0.856. The highest BCUT2D eigenvalue weighted by molar-refractivity contribution is 6.80. The number of nitrogens with zero attached hydrogens (tertiary/aromatic N) is 1. The van der Waals surface area contributed by atoms with Gasteiger partial charge < -0.3 is 4.65 Å². The van der Waals surface area contributed by atoms with Crippen molar-refractivity contribution in [3.63, 3.8) is 0 Å². The number of aromatic nitrogens is 1. The van der Waals surface area contributed by atoms with E-state index in [1.807, 2.05) is 24.3 Å². The normalized spacial score (nSPS) is 10.8. The minimum Gasteiger partial charge on any atom is -0.550 e. The molecule has 0 aliphatic rings. The molecule has 0 unspecified atom stereocenters. The van der Waals surface area contributed by atoms with Crippen LogP contribution in [0.5, 0.6) is 5.75 Å². The van der Waals surface area contributed by atoms with Gasteiger partial charge in [-0.1, -0.05) is 41.9 Å². The lowest BCUT2D eigenvalue weighted by Crippen LogP contribution is -2.49. The first-order chi connectivity index (χ1) is 13.1. The maximum absolute atomic E-state index is 14.5. The summed E-state index contributed by atoms with van der Waals surface area (Å²) >= 11 is 5.97. The molecule has 0 saturated heterocycles. The summed E-state index contributed by atoms with van der Waals surface area (Å²) in [5, 5.41) is 1.44. The van der Waals surface area contributed by atoms with E-state index < -0.39 is 18.6 Å². The van der Waals surface area contributed by atoms with E-state index in [1.54, 1.807) is 36.5 Å². The molecule has 0 aliphatic carbocycles. The van der Waals surface area contributed by atoms with E-state index in [-0.39, 0.29) is 5.46 Å². The monoisotopic (exact) mass is 379 g/mol. The van der Waals surface area contributed by atoms with Crippen LogP contribution in [0.2, 0.25) is 5.02 Å². The summed E-state index contributed by atoms with van der Waals surface area (Å²) in [4.78, 5) is 4.36. The maximum Gasteiger partial charge on any atom is 0.429 e. The van der Waals surface area contributed by atoms with Crippen molar-refractivity contribution in [1.29, 1.82) is 0 Å². The van der Waals surface area contributed by atoms with Crippen LogP contribution < -0.4 is 15.6 Å². The SMILES string of the molecule is Fc1ccc(F)c(B(Oc2cccc3cccnc23)c2ccc(Cl)cc2)c1. The highest BCUT2D eigenvalue weighted by Crippen LogP contribution is 2.23. The molecule has 0 N–H and O–H groups in total. The second-order valence-corrected chi connectivity index (χ2v) is 6.48. The Morgan fingerprint density at radius 2 is 1.67 bits per heavy atom. The zero-order chi connectivity index (χ0) is 18.8. The molecule has 1 aromatic heterocycles. The van der Waals surface area contributed by atoms with E-state index in [9.17, 15) is 8.78 Å². The molecule has 132 valence electrons. The van der Waals surface area contributed by atoms with E-state index in [2.05, 4.69) is 4.98 Å². The third kappa shape index (κ3) is 3.64. The predicted octanol–water partition coefficient (Wildman–Crippen LogP) is 4.35. The van der Waals surface area contributed by atoms with Gasteiger partial charge >= 0.3 is 6.92 Å². The summed E-state index contributed by atoms with van der Waals surface area (Å²) in [5.41, 5.74) is 1.40. The van der Waals surface area contributed by atoms with Gasteiger partial charge in [-0.15, -0.1) is 0 Å². The number of benzene rings is 3. The fourth-order valence-electron chi connectivity index (χ4n) is 2.96. The molecule has 27 heavy (non-hydrogen) atoms. The van der Waals surface area contributed by atoms with Crippen LogP contribution >= 0.6 is 11.6 Å². The smallest absolute Gasteiger partial charge is 0.429 e. The molecule has 2 nitrogen and oxygen atoms in total. The Morgan fingerprint density at radius 1 is 0.889 bits per heavy atom. The van der Waals surface area contributed by atoms with Gasteiger partial charge in [-0.2, -0.15) is 0 Å². The highest BCUT2D eigenvalue weighted by Gasteiger charge is 2.28. The fraction of sp³-hybridized carbons (Fsp3) is 0. The van der Waals surface area contributed by atoms with Crippen LogP contribution in [0, 0.1) is 11.6 Å². The average molecular weight is 380 g/mol. The predicted molar refractivity (Wildman–Crippen MR) is 105 cm³/mol. The number of rotatable bonds is 4. The second-order valence-electron chi connectivity index (χ2n) is 6.05. The summed E-state index contributed by atoms with van der Waals surface area (Å²) in [6, 6.07) is 19.4. The van der Waals surface area contributed by atoms with Gasteiger partial charge in [-0.25, -0.2) is 8.78 Å². The van der Waals surface area contributed by atoms with Gasteiger partial charge in [0, 0.05) is 22.1 Å². The van der Waals surface area contributed by atoms with Crippen molar-refractivity contribution in [3.8, 4) is 5.75 Å². The van der Waals surface area contributed by atoms with Gasteiger partial charge in [0.05, 0.1) is 0 Å². The van der Waals surface area contributed by atoms with E-state index in [0.29, 0.717) is 21.8 Å². The minimum absolute atomic E-state index is 0.102. The third-order valence-electron chi connectivity index (χ3n) is 4.25. The van der Waals surface area contributed by atoms with E-state index in [0.717, 1.165) is 23.6 Å². The first kappa shape index (κ1) is 17.5. The molecule has 0 saturated carbocycles. The zero-order valence-corrected chi connectivity index (χ0v) is 14.8. The zero-order valence-electron chi connectivity index (χ0n) is 14.1. The molecule has 4 rings (SSSR count). The Balaban J connectivity index is 1.85. The fourth-order valence-corrected chi connectivity index (χ4v) is 3.09. The Morgan fingerprint density at radius 3 is 2.48 bits per heavy atom. The molecule has 0 aliphatic heterocycles. The molecule has 0 fully saturated rings. The lowest BCUT2D eigenvalue weighted by Gasteiger charge is -2.18. The molecule has 0 spiro atoms. The van der Waals surface area contributed by atoms with E-state index >= 15 is 0 Å². The second kappa shape index (κ2) is 7.37. The van der Waals surface area contributed by atoms with Crippen molar-refractivity contribution >= 4 is 40.3 Å². The molecule has 4 aromatic rings. The lowest BCUT2D eigenvalue weighted by atomic mass is 9.55. The Hall–Kier alpha value is -2.92. The summed E-state index contributed by atoms with van der Waals surface area (Å²) < 4.78 is 34.5. The summed E-state index contributed by atoms with van der Waals surface area (Å²) in [6.07, 6.45) is 1.66. The molecule has 3 aromatic carbocycles. The largest absolute Gasteiger partial charge is 0.550 e. The number of pyridine rings is 1. The van der Waals surface area contributed by atoms with Crippen molar-refractivity contribution in [2.75, 3.05) is 0 Å². The summed E-state index contributed by atoms with van der Waals surface area (Å²) in [6.45, 7) is -0.856. The van der Waals surface area contributed by atoms with Gasteiger partial charge in [-0.05, 0) is 47.9 Å². The quantitative estimate of drug-likeness (QED) is 0.492. The van der Waals surface area contributed by atoms with Gasteiger partial charge in [0.2, 0.25) is 0 Å². The van der Waals surface area contributed by atoms with Crippen molar-refractivity contribution in [3.05, 3.63) is 95.7 Å². The van der Waals surface area contributed by atoms with Gasteiger partial charge in [0.15, 0.2) is 0 Å². The topological polar surface area (TPSA) is 22.1 Å². The van der Waals surface area contributed by atoms with E-state index in [1.165, 1.54) is 0 Å². The van der Waals surface area contributed by atoms with Crippen LogP contribution in [0.4, 0.5) is 8.78 Å². The number of para-hydroxylation sites is 1. The van der Waals surface area contributed by atoms with Gasteiger partial charge in [-0.3, -0.25) is 4.98 Å². The van der Waals surface area contributed by atoms with Crippen molar-refractivity contribution in [2.45, 2.75) is 0 Å². The highest BCUT2D eigenvalue weighted by atomic mass is 35.5. The first-order valence-electron chi connectivity index (χ1n) is 8.32. The van der Waals surface area contributed by atoms with Crippen LogP contribution in [-0.2, 0) is 0 Å². The molecular formula is C21H13BClF2NO. The standard InChI is InChI=1S/C21H13BClF2NO/c23-16-8-6-15(7-9-16)22(18-13-17(24)10-11-19(18)25)27-20-5-1-3-14-4-2-12-26-21(14)20/h1-13H. The first-order valence-corrected chi connectivity index (χ1v) is 8.70. The molecule has 0 bridgehead atoms. The molecule has 0 amide bonds. The van der Waals surface area contributed by atoms with Crippen molar-refractivity contribution in [2.24, 2.45) is 0 Å². The maximum atomic E-state index is 14.5. The molecule has 0 atom stereocenters. The third-order valence-corrected chi connectivity index (χ3v) is 4.51. The van der Waals surface area contributed by atoms with Crippen LogP contribution in [0.15, 0.2) is 79.0 Å². The van der Waals surface area contributed by atoms with Gasteiger partial charge in [0.25, 0.3) is 0 Å². The van der Waals surface area contributed by atoms with E-state index in [4.69, 9.17) is 16.3 Å². The van der Waals surface area contributed by atoms with Crippen LogP contribution in [0.3, 0.4) is 0 Å². The molecule has 6 heteroatoms. The molecule has 1 heterocycles. The van der Waals surface area contributed by atoms with Crippen LogP contribution in [0.25, 0.3) is 10.9 Å². The summed E-state index contributed by atoms with van der Waals surface area (Å²) in [7, 11) is 0. The summed E-state index contributed by atoms with van der Waals surface area (Å²) in [5.74, 6) is -0.605. The lowest BCUT2D eigenvalue weighted by molar-refractivity contribution is 0.581. The number of fused-ring (bicyclic) bond motifs is 1. The molecule has 0 radical (unpaired) electrons. The van der Waals surface area contributed by atoms with Crippen molar-refractivity contribution in [1.82, 2.24) is 4.98 Å².